The summed E-state index contributed by atoms with van der Waals surface area (Å²) in [5, 5.41) is -0.101. The van der Waals surface area contributed by atoms with Gasteiger partial charge in [-0.3, -0.25) is 5.84 Å². The molecule has 62 valence electrons. The molecule has 0 saturated carbocycles. The van der Waals surface area contributed by atoms with Gasteiger partial charge in [0.25, 0.3) is 0 Å². The lowest BCUT2D eigenvalue weighted by Gasteiger charge is -2.18. The van der Waals surface area contributed by atoms with E-state index in [4.69, 9.17) is 0 Å². The molecule has 0 atom stereocenters. The highest BCUT2D eigenvalue weighted by Crippen LogP contribution is 2.17. The maximum absolute atomic E-state index is 11.6. The van der Waals surface area contributed by atoms with Gasteiger partial charge in [-0.05, 0) is 6.42 Å². The van der Waals surface area contributed by atoms with Crippen molar-refractivity contribution in [2.75, 3.05) is 6.54 Å². The minimum Gasteiger partial charge on any atom is -0.261 e. The third-order valence-electron chi connectivity index (χ3n) is 1.08. The summed E-state index contributed by atoms with van der Waals surface area (Å²) in [7, 11) is 0. The summed E-state index contributed by atoms with van der Waals surface area (Å²) >= 11 is 0. The molecular formula is C5H11F3N2. The van der Waals surface area contributed by atoms with Crippen molar-refractivity contribution in [1.82, 2.24) is 5.01 Å². The fraction of sp³-hybridized carbons (Fsp3) is 1.00. The lowest BCUT2D eigenvalue weighted by atomic mass is 10.3. The molecule has 0 rings (SSSR count). The first-order valence-electron chi connectivity index (χ1n) is 3.07. The molecule has 0 fully saturated rings. The van der Waals surface area contributed by atoms with E-state index in [1.165, 1.54) is 0 Å². The molecule has 0 amide bonds. The molecule has 5 heteroatoms. The zero-order chi connectivity index (χ0) is 8.20. The predicted molar refractivity (Wildman–Crippen MR) is 31.9 cm³/mol. The Hall–Kier alpha value is -0.290. The second-order valence-electron chi connectivity index (χ2n) is 2.01. The van der Waals surface area contributed by atoms with Crippen LogP contribution in [-0.4, -0.2) is 17.9 Å². The number of nitrogens with two attached hydrogens (primary N) is 1. The van der Waals surface area contributed by atoms with Gasteiger partial charge in [-0.1, -0.05) is 13.3 Å². The first-order valence-corrected chi connectivity index (χ1v) is 3.07. The van der Waals surface area contributed by atoms with Crippen LogP contribution < -0.4 is 5.84 Å². The Bertz CT molecular complexity index is 91.4. The van der Waals surface area contributed by atoms with Crippen LogP contribution in [-0.2, 0) is 0 Å². The summed E-state index contributed by atoms with van der Waals surface area (Å²) in [6.07, 6.45) is -3.20. The normalized spacial score (nSPS) is 12.6. The number of hydrogen-bond donors (Lipinski definition) is 1. The minimum atomic E-state index is -4.38. The molecule has 0 saturated heterocycles. The maximum Gasteiger partial charge on any atom is 0.472 e. The monoisotopic (exact) mass is 156 g/mol. The molecule has 0 radical (unpaired) electrons. The summed E-state index contributed by atoms with van der Waals surface area (Å²) in [5.74, 6) is 4.65. The minimum absolute atomic E-state index is 0.101. The fourth-order valence-corrected chi connectivity index (χ4v) is 0.455. The average Bonchev–Trinajstić information content (AvgIpc) is 1.80. The first-order chi connectivity index (χ1) is 4.48. The number of hydrazine groups is 1. The molecule has 0 spiro atoms. The van der Waals surface area contributed by atoms with Gasteiger partial charge in [-0.25, -0.2) is 0 Å². The average molecular weight is 156 g/mol. The molecule has 0 aromatic rings. The van der Waals surface area contributed by atoms with E-state index in [1.54, 1.807) is 0 Å². The van der Waals surface area contributed by atoms with E-state index in [-0.39, 0.29) is 11.6 Å². The number of nitrogens with zero attached hydrogens (tertiary/aromatic N) is 1. The van der Waals surface area contributed by atoms with Crippen molar-refractivity contribution in [1.29, 1.82) is 0 Å². The standard InChI is InChI=1S/C5H11F3N2/c1-2-3-4-10(9)5(6,7)8/h2-4,9H2,1H3. The van der Waals surface area contributed by atoms with Crippen molar-refractivity contribution in [3.8, 4) is 0 Å². The van der Waals surface area contributed by atoms with Gasteiger partial charge in [0.15, 0.2) is 0 Å². The van der Waals surface area contributed by atoms with Crippen LogP contribution in [0.5, 0.6) is 0 Å². The van der Waals surface area contributed by atoms with Gasteiger partial charge in [-0.15, -0.1) is 0 Å². The van der Waals surface area contributed by atoms with Crippen molar-refractivity contribution in [2.24, 2.45) is 5.84 Å². The van der Waals surface area contributed by atoms with Crippen LogP contribution in [0.2, 0.25) is 0 Å². The Morgan fingerprint density at radius 3 is 2.20 bits per heavy atom. The molecule has 2 N–H and O–H groups in total. The van der Waals surface area contributed by atoms with Crippen molar-refractivity contribution in [2.45, 2.75) is 26.1 Å². The van der Waals surface area contributed by atoms with Crippen LogP contribution in [0.3, 0.4) is 0 Å². The maximum atomic E-state index is 11.6. The van der Waals surface area contributed by atoms with Crippen LogP contribution in [0.25, 0.3) is 0 Å². The van der Waals surface area contributed by atoms with E-state index in [1.807, 2.05) is 6.92 Å². The Morgan fingerprint density at radius 1 is 1.40 bits per heavy atom. The summed E-state index contributed by atoms with van der Waals surface area (Å²) < 4.78 is 34.7. The summed E-state index contributed by atoms with van der Waals surface area (Å²) in [5.41, 5.74) is 0. The van der Waals surface area contributed by atoms with Crippen LogP contribution in [0, 0.1) is 0 Å². The van der Waals surface area contributed by atoms with E-state index in [9.17, 15) is 13.2 Å². The van der Waals surface area contributed by atoms with Gasteiger partial charge < -0.3 is 0 Å². The van der Waals surface area contributed by atoms with E-state index in [2.05, 4.69) is 5.84 Å². The highest BCUT2D eigenvalue weighted by molar-refractivity contribution is 4.49. The molecule has 2 nitrogen and oxygen atoms in total. The molecule has 0 aliphatic rings. The van der Waals surface area contributed by atoms with E-state index >= 15 is 0 Å². The van der Waals surface area contributed by atoms with Crippen molar-refractivity contribution >= 4 is 0 Å². The van der Waals surface area contributed by atoms with E-state index < -0.39 is 6.30 Å². The third-order valence-corrected chi connectivity index (χ3v) is 1.08. The number of rotatable bonds is 3. The van der Waals surface area contributed by atoms with Crippen molar-refractivity contribution < 1.29 is 13.2 Å². The smallest absolute Gasteiger partial charge is 0.261 e. The molecule has 0 aromatic heterocycles. The number of hydrogen-bond acceptors (Lipinski definition) is 2. The SMILES string of the molecule is CCCCN(N)C(F)(F)F. The lowest BCUT2D eigenvalue weighted by Crippen LogP contribution is -2.44. The zero-order valence-electron chi connectivity index (χ0n) is 5.78. The third kappa shape index (κ3) is 3.68. The van der Waals surface area contributed by atoms with Gasteiger partial charge in [0, 0.05) is 6.54 Å². The second-order valence-corrected chi connectivity index (χ2v) is 2.01. The predicted octanol–water partition coefficient (Wildman–Crippen LogP) is 1.48. The molecule has 0 heterocycles. The van der Waals surface area contributed by atoms with Crippen molar-refractivity contribution in [3.05, 3.63) is 0 Å². The van der Waals surface area contributed by atoms with Crippen LogP contribution in [0.1, 0.15) is 19.8 Å². The Labute approximate surface area is 57.8 Å². The van der Waals surface area contributed by atoms with Gasteiger partial charge in [0.2, 0.25) is 0 Å². The molecule has 0 aliphatic heterocycles. The second kappa shape index (κ2) is 3.78. The van der Waals surface area contributed by atoms with Crippen molar-refractivity contribution in [3.63, 3.8) is 0 Å². The molecule has 0 bridgehead atoms. The van der Waals surface area contributed by atoms with Crippen LogP contribution in [0.4, 0.5) is 13.2 Å². The highest BCUT2D eigenvalue weighted by atomic mass is 19.4. The van der Waals surface area contributed by atoms with E-state index in [0.29, 0.717) is 12.8 Å². The fourth-order valence-electron chi connectivity index (χ4n) is 0.455. The highest BCUT2D eigenvalue weighted by Gasteiger charge is 2.33. The largest absolute Gasteiger partial charge is 0.472 e. The van der Waals surface area contributed by atoms with Gasteiger partial charge in [0.05, 0.1) is 0 Å². The van der Waals surface area contributed by atoms with E-state index in [0.717, 1.165) is 0 Å². The van der Waals surface area contributed by atoms with Crippen LogP contribution >= 0.6 is 0 Å². The molecule has 0 unspecified atom stereocenters. The molecular weight excluding hydrogens is 145 g/mol. The Kier molecular flexibility index (Phi) is 3.67. The topological polar surface area (TPSA) is 29.3 Å². The van der Waals surface area contributed by atoms with Gasteiger partial charge in [0.1, 0.15) is 0 Å². The molecule has 0 aliphatic carbocycles. The van der Waals surface area contributed by atoms with Gasteiger partial charge >= 0.3 is 6.30 Å². The summed E-state index contributed by atoms with van der Waals surface area (Å²) in [6, 6.07) is 0. The first kappa shape index (κ1) is 9.71. The molecule has 0 aromatic carbocycles. The summed E-state index contributed by atoms with van der Waals surface area (Å²) in [6.45, 7) is 1.68. The summed E-state index contributed by atoms with van der Waals surface area (Å²) in [4.78, 5) is 0. The Balaban J connectivity index is 3.52. The van der Waals surface area contributed by atoms with Gasteiger partial charge in [-0.2, -0.15) is 18.2 Å². The zero-order valence-corrected chi connectivity index (χ0v) is 5.78. The number of unbranched alkanes of at least 4 members (excludes halogenated alkanes) is 1. The number of alkyl halides is 3. The molecule has 10 heavy (non-hydrogen) atoms. The quantitative estimate of drug-likeness (QED) is 0.381. The Morgan fingerprint density at radius 2 is 1.90 bits per heavy atom. The lowest BCUT2D eigenvalue weighted by molar-refractivity contribution is -0.247. The number of halogens is 3. The van der Waals surface area contributed by atoms with Crippen LogP contribution in [0.15, 0.2) is 0 Å².